The molecule has 25 heavy (non-hydrogen) atoms. The maximum Gasteiger partial charge on any atom is 0.324 e. The van der Waals surface area contributed by atoms with Gasteiger partial charge in [0.05, 0.1) is 20.3 Å². The monoisotopic (exact) mass is 343 g/mol. The van der Waals surface area contributed by atoms with Gasteiger partial charge in [0.2, 0.25) is 11.9 Å². The fourth-order valence-electron chi connectivity index (χ4n) is 2.91. The molecule has 0 N–H and O–H groups in total. The van der Waals surface area contributed by atoms with Gasteiger partial charge in [-0.05, 0) is 5.56 Å². The molecule has 0 aliphatic carbocycles. The number of nitrogens with zero attached hydrogens (tertiary/aromatic N) is 5. The fourth-order valence-corrected chi connectivity index (χ4v) is 2.91. The van der Waals surface area contributed by atoms with Crippen molar-refractivity contribution in [2.45, 2.75) is 13.0 Å². The van der Waals surface area contributed by atoms with Crippen molar-refractivity contribution in [1.82, 2.24) is 19.9 Å². The third kappa shape index (κ3) is 3.62. The molecular formula is C17H21N5O3. The highest BCUT2D eigenvalue weighted by atomic mass is 16.5. The quantitative estimate of drug-likeness (QED) is 0.827. The molecule has 1 aromatic carbocycles. The Morgan fingerprint density at radius 2 is 1.68 bits per heavy atom. The smallest absolute Gasteiger partial charge is 0.324 e. The molecule has 132 valence electrons. The van der Waals surface area contributed by atoms with Gasteiger partial charge in [0.25, 0.3) is 0 Å². The maximum absolute atomic E-state index is 11.8. The highest BCUT2D eigenvalue weighted by Gasteiger charge is 2.31. The molecule has 1 aromatic heterocycles. The second kappa shape index (κ2) is 7.33. The van der Waals surface area contributed by atoms with Crippen molar-refractivity contribution in [2.24, 2.45) is 0 Å². The Morgan fingerprint density at radius 1 is 1.04 bits per heavy atom. The molecule has 8 nitrogen and oxygen atoms in total. The van der Waals surface area contributed by atoms with E-state index in [-0.39, 0.29) is 24.0 Å². The van der Waals surface area contributed by atoms with E-state index in [9.17, 15) is 4.79 Å². The minimum atomic E-state index is -0.0596. The van der Waals surface area contributed by atoms with Gasteiger partial charge < -0.3 is 19.3 Å². The zero-order valence-electron chi connectivity index (χ0n) is 14.5. The van der Waals surface area contributed by atoms with E-state index in [2.05, 4.69) is 19.9 Å². The van der Waals surface area contributed by atoms with E-state index in [1.165, 1.54) is 14.2 Å². The first-order valence-electron chi connectivity index (χ1n) is 8.03. The molecule has 1 amide bonds. The number of aromatic nitrogens is 3. The predicted octanol–water partition coefficient (Wildman–Crippen LogP) is 1.30. The Bertz CT molecular complexity index is 718. The lowest BCUT2D eigenvalue weighted by Gasteiger charge is -2.41. The summed E-state index contributed by atoms with van der Waals surface area (Å²) in [5, 5.41) is 0. The molecular weight excluding hydrogens is 322 g/mol. The van der Waals surface area contributed by atoms with Crippen LogP contribution < -0.4 is 14.4 Å². The van der Waals surface area contributed by atoms with Crippen LogP contribution in [0.2, 0.25) is 0 Å². The SMILES string of the molecule is COc1nc(OC)nc(N2CCN(C(C)=O)C[C@H]2c2ccccc2)n1. The van der Waals surface area contributed by atoms with Crippen LogP contribution in [0.15, 0.2) is 30.3 Å². The van der Waals surface area contributed by atoms with Gasteiger partial charge in [-0.2, -0.15) is 9.97 Å². The van der Waals surface area contributed by atoms with Crippen LogP contribution in [0, 0.1) is 0 Å². The van der Waals surface area contributed by atoms with E-state index in [0.717, 1.165) is 5.56 Å². The summed E-state index contributed by atoms with van der Waals surface area (Å²) in [5.74, 6) is 0.534. The molecule has 2 aromatic rings. The van der Waals surface area contributed by atoms with Gasteiger partial charge >= 0.3 is 12.0 Å². The average Bonchev–Trinajstić information content (AvgIpc) is 2.67. The minimum Gasteiger partial charge on any atom is -0.467 e. The molecule has 0 radical (unpaired) electrons. The molecule has 0 bridgehead atoms. The van der Waals surface area contributed by atoms with Gasteiger partial charge in [-0.15, -0.1) is 4.98 Å². The molecule has 8 heteroatoms. The first-order valence-corrected chi connectivity index (χ1v) is 8.03. The first kappa shape index (κ1) is 16.9. The largest absolute Gasteiger partial charge is 0.467 e. The number of benzene rings is 1. The van der Waals surface area contributed by atoms with Crippen LogP contribution in [0.25, 0.3) is 0 Å². The topological polar surface area (TPSA) is 80.7 Å². The number of anilines is 1. The third-order valence-corrected chi connectivity index (χ3v) is 4.21. The molecule has 1 fully saturated rings. The first-order chi connectivity index (χ1) is 12.1. The van der Waals surface area contributed by atoms with Crippen LogP contribution in [0.4, 0.5) is 5.95 Å². The zero-order valence-corrected chi connectivity index (χ0v) is 14.5. The number of carbonyl (C=O) groups excluding carboxylic acids is 1. The summed E-state index contributed by atoms with van der Waals surface area (Å²) in [5.41, 5.74) is 1.09. The molecule has 1 atom stereocenters. The van der Waals surface area contributed by atoms with Crippen LogP contribution in [-0.4, -0.2) is 59.6 Å². The summed E-state index contributed by atoms with van der Waals surface area (Å²) in [7, 11) is 3.00. The van der Waals surface area contributed by atoms with E-state index in [1.807, 2.05) is 35.2 Å². The van der Waals surface area contributed by atoms with Crippen LogP contribution in [0.3, 0.4) is 0 Å². The van der Waals surface area contributed by atoms with Crippen molar-refractivity contribution >= 4 is 11.9 Å². The predicted molar refractivity (Wildman–Crippen MR) is 91.7 cm³/mol. The van der Waals surface area contributed by atoms with E-state index in [0.29, 0.717) is 25.6 Å². The number of piperazine rings is 1. The van der Waals surface area contributed by atoms with Crippen LogP contribution in [0.1, 0.15) is 18.5 Å². The maximum atomic E-state index is 11.8. The summed E-state index contributed by atoms with van der Waals surface area (Å²) in [6, 6.07) is 10.3. The van der Waals surface area contributed by atoms with Crippen molar-refractivity contribution in [3.05, 3.63) is 35.9 Å². The standard InChI is InChI=1S/C17H21N5O3/c1-12(23)21-9-10-22(14(11-21)13-7-5-4-6-8-13)15-18-16(24-2)20-17(19-15)25-3/h4-8,14H,9-11H2,1-3H3/t14-/m0/s1. The lowest BCUT2D eigenvalue weighted by atomic mass is 10.0. The highest BCUT2D eigenvalue weighted by molar-refractivity contribution is 5.73. The summed E-state index contributed by atoms with van der Waals surface area (Å²) in [6.07, 6.45) is 0. The third-order valence-electron chi connectivity index (χ3n) is 4.21. The molecule has 2 heterocycles. The van der Waals surface area contributed by atoms with Gasteiger partial charge in [0.15, 0.2) is 0 Å². The Labute approximate surface area is 146 Å². The normalized spacial score (nSPS) is 17.3. The van der Waals surface area contributed by atoms with Gasteiger partial charge in [0.1, 0.15) is 0 Å². The number of rotatable bonds is 4. The van der Waals surface area contributed by atoms with E-state index < -0.39 is 0 Å². The molecule has 1 aliphatic rings. The fraction of sp³-hybridized carbons (Fsp3) is 0.412. The van der Waals surface area contributed by atoms with E-state index in [1.54, 1.807) is 6.92 Å². The van der Waals surface area contributed by atoms with Crippen molar-refractivity contribution in [1.29, 1.82) is 0 Å². The van der Waals surface area contributed by atoms with E-state index >= 15 is 0 Å². The summed E-state index contributed by atoms with van der Waals surface area (Å²) >= 11 is 0. The second-order valence-electron chi connectivity index (χ2n) is 5.69. The molecule has 0 spiro atoms. The molecule has 0 unspecified atom stereocenters. The number of amides is 1. The van der Waals surface area contributed by atoms with Crippen molar-refractivity contribution in [3.8, 4) is 12.0 Å². The Morgan fingerprint density at radius 3 is 2.24 bits per heavy atom. The van der Waals surface area contributed by atoms with Crippen molar-refractivity contribution in [2.75, 3.05) is 38.8 Å². The molecule has 1 aliphatic heterocycles. The summed E-state index contributed by atoms with van der Waals surface area (Å²) < 4.78 is 10.3. The van der Waals surface area contributed by atoms with Gasteiger partial charge in [-0.3, -0.25) is 4.79 Å². The number of hydrogen-bond acceptors (Lipinski definition) is 7. The van der Waals surface area contributed by atoms with Crippen molar-refractivity contribution < 1.29 is 14.3 Å². The van der Waals surface area contributed by atoms with Crippen molar-refractivity contribution in [3.63, 3.8) is 0 Å². The lowest BCUT2D eigenvalue weighted by molar-refractivity contribution is -0.129. The van der Waals surface area contributed by atoms with Crippen LogP contribution >= 0.6 is 0 Å². The van der Waals surface area contributed by atoms with Gasteiger partial charge in [0, 0.05) is 26.6 Å². The van der Waals surface area contributed by atoms with Crippen LogP contribution in [0.5, 0.6) is 12.0 Å². The van der Waals surface area contributed by atoms with E-state index in [4.69, 9.17) is 9.47 Å². The Hall–Kier alpha value is -2.90. The molecule has 1 saturated heterocycles. The van der Waals surface area contributed by atoms with Gasteiger partial charge in [-0.25, -0.2) is 0 Å². The Balaban J connectivity index is 1.99. The number of methoxy groups -OCH3 is 2. The summed E-state index contributed by atoms with van der Waals surface area (Å²) in [4.78, 5) is 28.5. The number of ether oxygens (including phenoxy) is 2. The lowest BCUT2D eigenvalue weighted by Crippen LogP contribution is -2.50. The highest BCUT2D eigenvalue weighted by Crippen LogP contribution is 2.30. The molecule has 0 saturated carbocycles. The zero-order chi connectivity index (χ0) is 17.8. The average molecular weight is 343 g/mol. The summed E-state index contributed by atoms with van der Waals surface area (Å²) in [6.45, 7) is 3.37. The second-order valence-corrected chi connectivity index (χ2v) is 5.69. The number of carbonyl (C=O) groups is 1. The van der Waals surface area contributed by atoms with Crippen LogP contribution in [-0.2, 0) is 4.79 Å². The number of hydrogen-bond donors (Lipinski definition) is 0. The minimum absolute atomic E-state index is 0.0596. The van der Waals surface area contributed by atoms with Gasteiger partial charge in [-0.1, -0.05) is 30.3 Å². The molecule has 3 rings (SSSR count). The Kier molecular flexibility index (Phi) is 4.97.